The Balaban J connectivity index is 1.62. The molecule has 0 radical (unpaired) electrons. The molecule has 0 atom stereocenters. The normalized spacial score (nSPS) is 10.8. The first-order chi connectivity index (χ1) is 18.2. The maximum absolute atomic E-state index is 13.0. The summed E-state index contributed by atoms with van der Waals surface area (Å²) in [5.74, 6) is -0.736. The SMILES string of the molecule is CCOC(=O)c1c(NC(=O)CSc2nnc(-c3ccccc3O)n2-c2ccc(C)cc2)sc(C(C)=O)c1C. The van der Waals surface area contributed by atoms with E-state index in [0.717, 1.165) is 34.3 Å². The van der Waals surface area contributed by atoms with Gasteiger partial charge in [-0.25, -0.2) is 4.79 Å². The fourth-order valence-corrected chi connectivity index (χ4v) is 5.66. The number of anilines is 1. The second-order valence-corrected chi connectivity index (χ2v) is 10.3. The monoisotopic (exact) mass is 550 g/mol. The molecule has 0 aliphatic heterocycles. The number of phenolic OH excluding ortho intramolecular Hbond substituents is 1. The first-order valence-corrected chi connectivity index (χ1v) is 13.6. The van der Waals surface area contributed by atoms with Crippen LogP contribution in [0.5, 0.6) is 5.75 Å². The van der Waals surface area contributed by atoms with Gasteiger partial charge in [-0.2, -0.15) is 0 Å². The van der Waals surface area contributed by atoms with E-state index >= 15 is 0 Å². The number of hydrogen-bond acceptors (Lipinski definition) is 9. The second kappa shape index (κ2) is 11.6. The Bertz CT molecular complexity index is 1510. The molecular weight excluding hydrogens is 524 g/mol. The number of esters is 1. The highest BCUT2D eigenvalue weighted by atomic mass is 32.2. The van der Waals surface area contributed by atoms with E-state index in [1.165, 1.54) is 6.92 Å². The van der Waals surface area contributed by atoms with Gasteiger partial charge in [0.05, 0.1) is 28.4 Å². The summed E-state index contributed by atoms with van der Waals surface area (Å²) in [4.78, 5) is 38.0. The number of aromatic hydroxyl groups is 1. The zero-order chi connectivity index (χ0) is 27.4. The van der Waals surface area contributed by atoms with E-state index in [0.29, 0.717) is 27.0 Å². The van der Waals surface area contributed by atoms with Crippen LogP contribution in [0.1, 0.15) is 45.0 Å². The smallest absolute Gasteiger partial charge is 0.341 e. The number of para-hydroxylation sites is 1. The molecule has 0 spiro atoms. The van der Waals surface area contributed by atoms with Gasteiger partial charge in [-0.3, -0.25) is 14.2 Å². The molecule has 2 aromatic carbocycles. The highest BCUT2D eigenvalue weighted by Crippen LogP contribution is 2.35. The molecule has 196 valence electrons. The van der Waals surface area contributed by atoms with Crippen molar-refractivity contribution in [2.24, 2.45) is 0 Å². The van der Waals surface area contributed by atoms with Gasteiger partial charge in [0.25, 0.3) is 0 Å². The van der Waals surface area contributed by atoms with Crippen molar-refractivity contribution in [3.8, 4) is 22.8 Å². The summed E-state index contributed by atoms with van der Waals surface area (Å²) in [6, 6.07) is 14.6. The Morgan fingerprint density at radius 1 is 1.08 bits per heavy atom. The lowest BCUT2D eigenvalue weighted by molar-refractivity contribution is -0.113. The lowest BCUT2D eigenvalue weighted by Gasteiger charge is -2.12. The summed E-state index contributed by atoms with van der Waals surface area (Å²) >= 11 is 2.20. The van der Waals surface area contributed by atoms with Gasteiger partial charge in [-0.1, -0.05) is 41.6 Å². The molecule has 38 heavy (non-hydrogen) atoms. The third-order valence-electron chi connectivity index (χ3n) is 5.60. The van der Waals surface area contributed by atoms with Gasteiger partial charge in [0.15, 0.2) is 16.8 Å². The fraction of sp³-hybridized carbons (Fsp3) is 0.222. The van der Waals surface area contributed by atoms with E-state index in [1.807, 2.05) is 31.2 Å². The van der Waals surface area contributed by atoms with Crippen molar-refractivity contribution in [3.05, 3.63) is 70.1 Å². The molecule has 9 nitrogen and oxygen atoms in total. The zero-order valence-electron chi connectivity index (χ0n) is 21.3. The number of benzene rings is 2. The molecule has 0 fully saturated rings. The van der Waals surface area contributed by atoms with Crippen molar-refractivity contribution < 1.29 is 24.2 Å². The van der Waals surface area contributed by atoms with Crippen LogP contribution in [0.15, 0.2) is 53.7 Å². The molecule has 0 saturated carbocycles. The van der Waals surface area contributed by atoms with Crippen LogP contribution >= 0.6 is 23.1 Å². The molecular formula is C27H26N4O5S2. The molecule has 2 N–H and O–H groups in total. The fourth-order valence-electron chi connectivity index (χ4n) is 3.81. The number of nitrogens with zero attached hydrogens (tertiary/aromatic N) is 3. The zero-order valence-corrected chi connectivity index (χ0v) is 22.9. The number of carbonyl (C=O) groups is 3. The lowest BCUT2D eigenvalue weighted by atomic mass is 10.1. The summed E-state index contributed by atoms with van der Waals surface area (Å²) < 4.78 is 6.92. The number of phenols is 1. The molecule has 0 saturated heterocycles. The number of aryl methyl sites for hydroxylation is 1. The maximum Gasteiger partial charge on any atom is 0.341 e. The summed E-state index contributed by atoms with van der Waals surface area (Å²) in [6.07, 6.45) is 0. The van der Waals surface area contributed by atoms with Gasteiger partial charge >= 0.3 is 5.97 Å². The molecule has 2 aromatic heterocycles. The molecule has 0 aliphatic carbocycles. The number of amides is 1. The van der Waals surface area contributed by atoms with Gasteiger partial charge in [0, 0.05) is 5.69 Å². The van der Waals surface area contributed by atoms with Crippen LogP contribution in [0, 0.1) is 13.8 Å². The van der Waals surface area contributed by atoms with E-state index in [4.69, 9.17) is 4.74 Å². The Morgan fingerprint density at radius 2 is 1.79 bits per heavy atom. The van der Waals surface area contributed by atoms with Gasteiger partial charge in [0.1, 0.15) is 10.8 Å². The van der Waals surface area contributed by atoms with Crippen molar-refractivity contribution in [1.82, 2.24) is 14.8 Å². The van der Waals surface area contributed by atoms with Gasteiger partial charge < -0.3 is 15.2 Å². The summed E-state index contributed by atoms with van der Waals surface area (Å²) in [6.45, 7) is 6.91. The van der Waals surface area contributed by atoms with Crippen molar-refractivity contribution in [3.63, 3.8) is 0 Å². The van der Waals surface area contributed by atoms with Gasteiger partial charge in [-0.15, -0.1) is 21.5 Å². The number of ether oxygens (including phenoxy) is 1. The molecule has 0 unspecified atom stereocenters. The predicted molar refractivity (Wildman–Crippen MR) is 148 cm³/mol. The highest BCUT2D eigenvalue weighted by Gasteiger charge is 2.26. The first kappa shape index (κ1) is 27.1. The summed E-state index contributed by atoms with van der Waals surface area (Å²) in [5, 5.41) is 22.5. The van der Waals surface area contributed by atoms with Crippen LogP contribution in [-0.4, -0.2) is 49.9 Å². The second-order valence-electron chi connectivity index (χ2n) is 8.37. The van der Waals surface area contributed by atoms with Crippen LogP contribution in [-0.2, 0) is 9.53 Å². The number of aromatic nitrogens is 3. The Kier molecular flexibility index (Phi) is 8.28. The largest absolute Gasteiger partial charge is 0.507 e. The van der Waals surface area contributed by atoms with E-state index in [2.05, 4.69) is 15.5 Å². The lowest BCUT2D eigenvalue weighted by Crippen LogP contribution is -2.17. The predicted octanol–water partition coefficient (Wildman–Crippen LogP) is 5.43. The Hall–Kier alpha value is -3.96. The molecule has 0 aliphatic rings. The van der Waals surface area contributed by atoms with Gasteiger partial charge in [0.2, 0.25) is 5.91 Å². The third-order valence-corrected chi connectivity index (χ3v) is 7.84. The van der Waals surface area contributed by atoms with E-state index < -0.39 is 5.97 Å². The average molecular weight is 551 g/mol. The minimum absolute atomic E-state index is 0.0423. The molecule has 2 heterocycles. The standard InChI is InChI=1S/C27H26N4O5S2/c1-5-36-26(35)22-16(3)23(17(4)32)38-25(22)28-21(34)14-37-27-30-29-24(19-8-6-7-9-20(19)33)31(27)18-12-10-15(2)11-13-18/h6-13,33H,5,14H2,1-4H3,(H,28,34). The average Bonchev–Trinajstić information content (AvgIpc) is 3.44. The number of hydrogen-bond donors (Lipinski definition) is 2. The Labute approximate surface area is 227 Å². The third kappa shape index (κ3) is 5.63. The number of Topliss-reactive ketones (excluding diaryl/α,β-unsaturated/α-hetero) is 1. The number of thioether (sulfide) groups is 1. The summed E-state index contributed by atoms with van der Waals surface area (Å²) in [7, 11) is 0. The summed E-state index contributed by atoms with van der Waals surface area (Å²) in [5.41, 5.74) is 3.02. The van der Waals surface area contributed by atoms with Crippen molar-refractivity contribution in [2.75, 3.05) is 17.7 Å². The minimum Gasteiger partial charge on any atom is -0.507 e. The molecule has 11 heteroatoms. The molecule has 4 rings (SSSR count). The van der Waals surface area contributed by atoms with Crippen molar-refractivity contribution in [1.29, 1.82) is 0 Å². The highest BCUT2D eigenvalue weighted by molar-refractivity contribution is 7.99. The van der Waals surface area contributed by atoms with E-state index in [-0.39, 0.29) is 40.4 Å². The molecule has 4 aromatic rings. The number of nitrogens with one attached hydrogen (secondary N) is 1. The maximum atomic E-state index is 13.0. The number of carbonyl (C=O) groups excluding carboxylic acids is 3. The molecule has 0 bridgehead atoms. The van der Waals surface area contributed by atoms with Crippen molar-refractivity contribution in [2.45, 2.75) is 32.9 Å². The van der Waals surface area contributed by atoms with Crippen LogP contribution in [0.3, 0.4) is 0 Å². The quantitative estimate of drug-likeness (QED) is 0.161. The topological polar surface area (TPSA) is 123 Å². The molecule has 1 amide bonds. The minimum atomic E-state index is -0.594. The van der Waals surface area contributed by atoms with Crippen molar-refractivity contribution >= 4 is 45.8 Å². The van der Waals surface area contributed by atoms with Gasteiger partial charge in [-0.05, 0) is 57.5 Å². The number of thiophene rings is 1. The Morgan fingerprint density at radius 3 is 2.45 bits per heavy atom. The van der Waals surface area contributed by atoms with E-state index in [9.17, 15) is 19.5 Å². The van der Waals surface area contributed by atoms with Crippen LogP contribution < -0.4 is 5.32 Å². The van der Waals surface area contributed by atoms with Crippen LogP contribution in [0.2, 0.25) is 0 Å². The first-order valence-electron chi connectivity index (χ1n) is 11.8. The van der Waals surface area contributed by atoms with Crippen LogP contribution in [0.4, 0.5) is 5.00 Å². The number of ketones is 1. The van der Waals surface area contributed by atoms with Crippen LogP contribution in [0.25, 0.3) is 17.1 Å². The van der Waals surface area contributed by atoms with E-state index in [1.54, 1.807) is 42.7 Å². The number of rotatable bonds is 9.